The van der Waals surface area contributed by atoms with Crippen LogP contribution >= 0.6 is 0 Å². The number of hydrogen-bond donors (Lipinski definition) is 3. The van der Waals surface area contributed by atoms with Gasteiger partial charge in [-0.2, -0.15) is 0 Å². The number of nitrogens with zero attached hydrogens (tertiary/aromatic N) is 2. The van der Waals surface area contributed by atoms with Crippen LogP contribution in [0.15, 0.2) is 72.8 Å². The molecule has 9 nitrogen and oxygen atoms in total. The first kappa shape index (κ1) is 31.3. The monoisotopic (exact) mass is 598 g/mol. The lowest BCUT2D eigenvalue weighted by atomic mass is 10.00. The molecule has 3 N–H and O–H groups in total. The van der Waals surface area contributed by atoms with E-state index in [0.717, 1.165) is 44.3 Å². The maximum absolute atomic E-state index is 13.3. The van der Waals surface area contributed by atoms with E-state index >= 15 is 0 Å². The first-order chi connectivity index (χ1) is 19.8. The summed E-state index contributed by atoms with van der Waals surface area (Å²) in [5.74, 6) is 0.912. The van der Waals surface area contributed by atoms with Crippen LogP contribution in [0.1, 0.15) is 38.7 Å². The summed E-state index contributed by atoms with van der Waals surface area (Å²) in [6.45, 7) is 6.29. The second-order valence-corrected chi connectivity index (χ2v) is 13.1. The van der Waals surface area contributed by atoms with Gasteiger partial charge in [0.2, 0.25) is 10.0 Å². The second-order valence-electron chi connectivity index (χ2n) is 11.3. The van der Waals surface area contributed by atoms with Crippen molar-refractivity contribution in [2.45, 2.75) is 51.3 Å². The van der Waals surface area contributed by atoms with Crippen molar-refractivity contribution in [3.63, 3.8) is 0 Å². The molecule has 226 valence electrons. The van der Waals surface area contributed by atoms with Gasteiger partial charge >= 0.3 is 6.03 Å². The molecule has 3 aromatic carbocycles. The van der Waals surface area contributed by atoms with Gasteiger partial charge in [-0.05, 0) is 99.3 Å². The smallest absolute Gasteiger partial charge is 0.322 e. The van der Waals surface area contributed by atoms with Crippen LogP contribution in [0.25, 0.3) is 0 Å². The molecular weight excluding hydrogens is 559 g/mol. The topological polar surface area (TPSA) is 111 Å². The Morgan fingerprint density at radius 1 is 0.976 bits per heavy atom. The third-order valence-electron chi connectivity index (χ3n) is 7.04. The predicted molar refractivity (Wildman–Crippen MR) is 163 cm³/mol. The van der Waals surface area contributed by atoms with E-state index in [4.69, 9.17) is 4.74 Å². The van der Waals surface area contributed by atoms with E-state index in [2.05, 4.69) is 14.9 Å². The number of urea groups is 1. The summed E-state index contributed by atoms with van der Waals surface area (Å²) in [6, 6.07) is 20.0. The molecule has 0 bridgehead atoms. The van der Waals surface area contributed by atoms with Crippen LogP contribution in [0.5, 0.6) is 11.5 Å². The zero-order chi connectivity index (χ0) is 30.3. The van der Waals surface area contributed by atoms with Gasteiger partial charge in [0.05, 0.1) is 11.9 Å². The van der Waals surface area contributed by atoms with Crippen LogP contribution < -0.4 is 14.8 Å². The number of halogens is 1. The minimum absolute atomic E-state index is 0.0267. The maximum Gasteiger partial charge on any atom is 0.322 e. The standard InChI is InChI=1S/C31H39FN4O5S/c1-31(2,38)18-21-36(30(37)33-25-8-6-24(32)7-9-25)27-16-19-35(20-17-27)22-23-4-12-28(13-5-23)41-29-14-10-26(11-15-29)34-42(3,39)40/h4-15,27,34,38H,16-22H2,1-3H3,(H,33,37). The molecule has 0 spiro atoms. The number of ether oxygens (including phenoxy) is 1. The van der Waals surface area contributed by atoms with E-state index in [1.807, 2.05) is 24.3 Å². The highest BCUT2D eigenvalue weighted by molar-refractivity contribution is 7.92. The van der Waals surface area contributed by atoms with Crippen molar-refractivity contribution in [2.75, 3.05) is 35.9 Å². The summed E-state index contributed by atoms with van der Waals surface area (Å²) in [6.07, 6.45) is 3.15. The molecule has 11 heteroatoms. The van der Waals surface area contributed by atoms with Gasteiger partial charge in [0.1, 0.15) is 17.3 Å². The van der Waals surface area contributed by atoms with Crippen LogP contribution in [-0.2, 0) is 16.6 Å². The molecule has 0 aromatic heterocycles. The van der Waals surface area contributed by atoms with Crippen LogP contribution in [0.4, 0.5) is 20.6 Å². The number of hydrogen-bond acceptors (Lipinski definition) is 6. The lowest BCUT2D eigenvalue weighted by molar-refractivity contribution is 0.0514. The average molecular weight is 599 g/mol. The van der Waals surface area contributed by atoms with Crippen molar-refractivity contribution in [3.8, 4) is 11.5 Å². The Balaban J connectivity index is 1.30. The summed E-state index contributed by atoms with van der Waals surface area (Å²) < 4.78 is 44.4. The van der Waals surface area contributed by atoms with Crippen LogP contribution in [0.3, 0.4) is 0 Å². The van der Waals surface area contributed by atoms with Gasteiger partial charge in [-0.1, -0.05) is 12.1 Å². The molecule has 1 saturated heterocycles. The number of piperidine rings is 1. The minimum Gasteiger partial charge on any atom is -0.457 e. The molecule has 0 aliphatic carbocycles. The van der Waals surface area contributed by atoms with E-state index < -0.39 is 15.6 Å². The summed E-state index contributed by atoms with van der Waals surface area (Å²) in [4.78, 5) is 17.4. The zero-order valence-corrected chi connectivity index (χ0v) is 25.0. The third-order valence-corrected chi connectivity index (χ3v) is 7.65. The molecule has 1 fully saturated rings. The molecule has 42 heavy (non-hydrogen) atoms. The Hall–Kier alpha value is -3.67. The van der Waals surface area contributed by atoms with Gasteiger partial charge < -0.3 is 20.1 Å². The molecule has 1 aliphatic heterocycles. The fraction of sp³-hybridized carbons (Fsp3) is 0.387. The molecule has 1 aliphatic rings. The Morgan fingerprint density at radius 3 is 2.07 bits per heavy atom. The van der Waals surface area contributed by atoms with Crippen molar-refractivity contribution in [3.05, 3.63) is 84.2 Å². The fourth-order valence-electron chi connectivity index (χ4n) is 4.82. The quantitative estimate of drug-likeness (QED) is 0.263. The van der Waals surface area contributed by atoms with Crippen LogP contribution in [-0.4, -0.2) is 66.9 Å². The van der Waals surface area contributed by atoms with Crippen LogP contribution in [0.2, 0.25) is 0 Å². The third kappa shape index (κ3) is 10.0. The molecule has 0 atom stereocenters. The van der Waals surface area contributed by atoms with Crippen molar-refractivity contribution in [2.24, 2.45) is 0 Å². The minimum atomic E-state index is -3.33. The number of carbonyl (C=O) groups is 1. The maximum atomic E-state index is 13.3. The molecule has 3 aromatic rings. The number of nitrogens with one attached hydrogen (secondary N) is 2. The van der Waals surface area contributed by atoms with Gasteiger partial charge in [-0.25, -0.2) is 17.6 Å². The van der Waals surface area contributed by atoms with E-state index in [0.29, 0.717) is 35.8 Å². The Bertz CT molecular complexity index is 1420. The molecule has 4 rings (SSSR count). The SMILES string of the molecule is CC(C)(O)CCN(C(=O)Nc1ccc(F)cc1)C1CCN(Cc2ccc(Oc3ccc(NS(C)(=O)=O)cc3)cc2)CC1. The number of carbonyl (C=O) groups excluding carboxylic acids is 1. The van der Waals surface area contributed by atoms with Gasteiger partial charge in [0.25, 0.3) is 0 Å². The average Bonchev–Trinajstić information content (AvgIpc) is 2.92. The predicted octanol–water partition coefficient (Wildman–Crippen LogP) is 5.65. The normalized spacial score (nSPS) is 14.8. The summed E-state index contributed by atoms with van der Waals surface area (Å²) in [5.41, 5.74) is 1.24. The van der Waals surface area contributed by atoms with Gasteiger partial charge in [0.15, 0.2) is 0 Å². The number of rotatable bonds is 11. The van der Waals surface area contributed by atoms with Crippen LogP contribution in [0, 0.1) is 5.82 Å². The van der Waals surface area contributed by atoms with Crippen molar-refractivity contribution in [1.82, 2.24) is 9.80 Å². The summed E-state index contributed by atoms with van der Waals surface area (Å²) >= 11 is 0. The summed E-state index contributed by atoms with van der Waals surface area (Å²) in [7, 11) is -3.33. The highest BCUT2D eigenvalue weighted by Crippen LogP contribution is 2.26. The number of benzene rings is 3. The highest BCUT2D eigenvalue weighted by Gasteiger charge is 2.29. The van der Waals surface area contributed by atoms with Gasteiger partial charge in [-0.3, -0.25) is 9.62 Å². The molecule has 0 unspecified atom stereocenters. The Kier molecular flexibility index (Phi) is 10.1. The first-order valence-electron chi connectivity index (χ1n) is 14.0. The number of likely N-dealkylation sites (tertiary alicyclic amines) is 1. The number of anilines is 2. The lowest BCUT2D eigenvalue weighted by Crippen LogP contribution is -2.50. The van der Waals surface area contributed by atoms with E-state index in [1.54, 1.807) is 43.0 Å². The van der Waals surface area contributed by atoms with E-state index in [1.165, 1.54) is 24.3 Å². The Morgan fingerprint density at radius 2 is 1.52 bits per heavy atom. The zero-order valence-electron chi connectivity index (χ0n) is 24.2. The largest absolute Gasteiger partial charge is 0.457 e. The van der Waals surface area contributed by atoms with Gasteiger partial charge in [-0.15, -0.1) is 0 Å². The van der Waals surface area contributed by atoms with Gasteiger partial charge in [0, 0.05) is 43.6 Å². The summed E-state index contributed by atoms with van der Waals surface area (Å²) in [5, 5.41) is 13.2. The lowest BCUT2D eigenvalue weighted by Gasteiger charge is -2.39. The molecule has 0 radical (unpaired) electrons. The van der Waals surface area contributed by atoms with Crippen molar-refractivity contribution < 1.29 is 27.4 Å². The molecule has 0 saturated carbocycles. The van der Waals surface area contributed by atoms with Crippen molar-refractivity contribution >= 4 is 27.4 Å². The van der Waals surface area contributed by atoms with Crippen molar-refractivity contribution in [1.29, 1.82) is 0 Å². The number of aliphatic hydroxyl groups is 1. The first-order valence-corrected chi connectivity index (χ1v) is 15.8. The Labute approximate surface area is 247 Å². The number of sulfonamides is 1. The second kappa shape index (κ2) is 13.5. The van der Waals surface area contributed by atoms with E-state index in [-0.39, 0.29) is 17.9 Å². The number of amides is 2. The fourth-order valence-corrected chi connectivity index (χ4v) is 5.39. The highest BCUT2D eigenvalue weighted by atomic mass is 32.2. The molecule has 1 heterocycles. The molecule has 2 amide bonds. The molecular formula is C31H39FN4O5S. The van der Waals surface area contributed by atoms with E-state index in [9.17, 15) is 22.7 Å².